The van der Waals surface area contributed by atoms with E-state index in [0.717, 1.165) is 11.4 Å². The lowest BCUT2D eigenvalue weighted by Gasteiger charge is -2.12. The fourth-order valence-corrected chi connectivity index (χ4v) is 2.22. The Morgan fingerprint density at radius 2 is 2.15 bits per heavy atom. The molecule has 1 heterocycles. The van der Waals surface area contributed by atoms with Crippen molar-refractivity contribution in [1.29, 1.82) is 0 Å². The minimum absolute atomic E-state index is 0.0294. The number of nitrogens with zero attached hydrogens (tertiary/aromatic N) is 2. The van der Waals surface area contributed by atoms with Crippen molar-refractivity contribution in [3.8, 4) is 5.75 Å². The number of ketones is 1. The summed E-state index contributed by atoms with van der Waals surface area (Å²) in [6.45, 7) is 6.39. The van der Waals surface area contributed by atoms with Crippen LogP contribution in [0.4, 0.5) is 0 Å². The molecule has 0 aliphatic carbocycles. The predicted molar refractivity (Wildman–Crippen MR) is 78.4 cm³/mol. The Balaban J connectivity index is 2.26. The van der Waals surface area contributed by atoms with E-state index >= 15 is 0 Å². The van der Waals surface area contributed by atoms with Crippen molar-refractivity contribution in [1.82, 2.24) is 9.55 Å². The second-order valence-electron chi connectivity index (χ2n) is 5.19. The maximum Gasteiger partial charge on any atom is 0.186 e. The average molecular weight is 272 g/mol. The minimum Gasteiger partial charge on any atom is -0.496 e. The summed E-state index contributed by atoms with van der Waals surface area (Å²) < 4.78 is 7.19. The van der Waals surface area contributed by atoms with E-state index in [4.69, 9.17) is 4.74 Å². The smallest absolute Gasteiger partial charge is 0.186 e. The highest BCUT2D eigenvalue weighted by Crippen LogP contribution is 2.21. The molecule has 1 aromatic carbocycles. The summed E-state index contributed by atoms with van der Waals surface area (Å²) in [4.78, 5) is 16.7. The number of rotatable bonds is 5. The van der Waals surface area contributed by atoms with Gasteiger partial charge in [0, 0.05) is 18.3 Å². The summed E-state index contributed by atoms with van der Waals surface area (Å²) in [5.41, 5.74) is 1.69. The van der Waals surface area contributed by atoms with E-state index in [1.807, 2.05) is 35.9 Å². The molecule has 0 aliphatic rings. The quantitative estimate of drug-likeness (QED) is 0.785. The van der Waals surface area contributed by atoms with Crippen molar-refractivity contribution in [2.45, 2.75) is 33.2 Å². The number of benzene rings is 1. The minimum atomic E-state index is 0.0294. The van der Waals surface area contributed by atoms with Crippen molar-refractivity contribution >= 4 is 5.78 Å². The van der Waals surface area contributed by atoms with Crippen LogP contribution >= 0.6 is 0 Å². The third kappa shape index (κ3) is 2.90. The van der Waals surface area contributed by atoms with Crippen LogP contribution in [0.3, 0.4) is 0 Å². The van der Waals surface area contributed by atoms with Gasteiger partial charge in [0.15, 0.2) is 5.78 Å². The molecule has 0 fully saturated rings. The number of hydrogen-bond donors (Lipinski definition) is 0. The summed E-state index contributed by atoms with van der Waals surface area (Å²) in [6, 6.07) is 5.62. The van der Waals surface area contributed by atoms with Gasteiger partial charge in [0.25, 0.3) is 0 Å². The van der Waals surface area contributed by atoms with Crippen LogP contribution in [-0.4, -0.2) is 22.4 Å². The Morgan fingerprint density at radius 3 is 2.80 bits per heavy atom. The first kappa shape index (κ1) is 14.3. The van der Waals surface area contributed by atoms with Crippen LogP contribution in [0, 0.1) is 6.92 Å². The van der Waals surface area contributed by atoms with Gasteiger partial charge in [-0.25, -0.2) is 4.98 Å². The van der Waals surface area contributed by atoms with Gasteiger partial charge in [-0.2, -0.15) is 0 Å². The van der Waals surface area contributed by atoms with E-state index in [-0.39, 0.29) is 18.2 Å². The molecule has 0 spiro atoms. The van der Waals surface area contributed by atoms with Crippen LogP contribution in [0.2, 0.25) is 0 Å². The third-order valence-electron chi connectivity index (χ3n) is 3.24. The van der Waals surface area contributed by atoms with E-state index in [1.54, 1.807) is 13.3 Å². The van der Waals surface area contributed by atoms with Gasteiger partial charge in [-0.15, -0.1) is 0 Å². The van der Waals surface area contributed by atoms with Crippen LogP contribution in [0.5, 0.6) is 5.75 Å². The number of aromatic nitrogens is 2. The van der Waals surface area contributed by atoms with Crippen LogP contribution in [0.1, 0.15) is 41.5 Å². The molecule has 2 rings (SSSR count). The van der Waals surface area contributed by atoms with Gasteiger partial charge in [0.2, 0.25) is 0 Å². The molecule has 0 aliphatic heterocycles. The molecular formula is C16H20N2O2. The summed E-state index contributed by atoms with van der Waals surface area (Å²) >= 11 is 0. The number of Topliss-reactive ketones (excluding diaryl/α,β-unsaturated/α-hetero) is 1. The second-order valence-corrected chi connectivity index (χ2v) is 5.19. The normalized spacial score (nSPS) is 10.8. The van der Waals surface area contributed by atoms with Gasteiger partial charge < -0.3 is 9.30 Å². The van der Waals surface area contributed by atoms with Gasteiger partial charge in [-0.05, 0) is 24.6 Å². The molecular weight excluding hydrogens is 252 g/mol. The zero-order chi connectivity index (χ0) is 14.7. The number of methoxy groups -OCH3 is 1. The monoisotopic (exact) mass is 272 g/mol. The Kier molecular flexibility index (Phi) is 4.23. The highest BCUT2D eigenvalue weighted by atomic mass is 16.5. The molecule has 4 heteroatoms. The van der Waals surface area contributed by atoms with Gasteiger partial charge in [0.05, 0.1) is 19.2 Å². The second kappa shape index (κ2) is 5.90. The lowest BCUT2D eigenvalue weighted by molar-refractivity contribution is 0.0968. The number of aryl methyl sites for hydroxylation is 1. The van der Waals surface area contributed by atoms with Crippen molar-refractivity contribution in [3.05, 3.63) is 47.5 Å². The maximum atomic E-state index is 12.4. The summed E-state index contributed by atoms with van der Waals surface area (Å²) in [6.07, 6.45) is 3.57. The van der Waals surface area contributed by atoms with E-state index < -0.39 is 0 Å². The average Bonchev–Trinajstić information content (AvgIpc) is 2.86. The Bertz CT molecular complexity index is 615. The standard InChI is InChI=1S/C16H20N2O2/c1-11(2)16-17-7-8-18(16)10-14(19)13-6-5-12(3)9-15(13)20-4/h5-9,11H,10H2,1-4H3. The molecule has 1 aromatic heterocycles. The largest absolute Gasteiger partial charge is 0.496 e. The van der Waals surface area contributed by atoms with Crippen LogP contribution < -0.4 is 4.74 Å². The summed E-state index contributed by atoms with van der Waals surface area (Å²) in [5.74, 6) is 1.87. The zero-order valence-corrected chi connectivity index (χ0v) is 12.4. The Morgan fingerprint density at radius 1 is 1.40 bits per heavy atom. The lowest BCUT2D eigenvalue weighted by Crippen LogP contribution is -2.14. The van der Waals surface area contributed by atoms with E-state index in [1.165, 1.54) is 0 Å². The lowest BCUT2D eigenvalue weighted by atomic mass is 10.1. The Hall–Kier alpha value is -2.10. The summed E-state index contributed by atoms with van der Waals surface area (Å²) in [7, 11) is 1.59. The van der Waals surface area contributed by atoms with Crippen LogP contribution in [0.15, 0.2) is 30.6 Å². The number of hydrogen-bond acceptors (Lipinski definition) is 3. The van der Waals surface area contributed by atoms with Gasteiger partial charge >= 0.3 is 0 Å². The molecule has 0 N–H and O–H groups in total. The molecule has 20 heavy (non-hydrogen) atoms. The maximum absolute atomic E-state index is 12.4. The van der Waals surface area contributed by atoms with Crippen molar-refractivity contribution in [2.24, 2.45) is 0 Å². The number of ether oxygens (including phenoxy) is 1. The fraction of sp³-hybridized carbons (Fsp3) is 0.375. The molecule has 0 bridgehead atoms. The molecule has 0 saturated carbocycles. The van der Waals surface area contributed by atoms with E-state index in [0.29, 0.717) is 11.3 Å². The SMILES string of the molecule is COc1cc(C)ccc1C(=O)Cn1ccnc1C(C)C. The predicted octanol–water partition coefficient (Wildman–Crippen LogP) is 3.21. The number of carbonyl (C=O) groups is 1. The first-order chi connectivity index (χ1) is 9.52. The highest BCUT2D eigenvalue weighted by Gasteiger charge is 2.15. The molecule has 106 valence electrons. The van der Waals surface area contributed by atoms with Gasteiger partial charge in [-0.1, -0.05) is 19.9 Å². The Labute approximate surface area is 119 Å². The highest BCUT2D eigenvalue weighted by molar-refractivity contribution is 5.98. The zero-order valence-electron chi connectivity index (χ0n) is 12.4. The van der Waals surface area contributed by atoms with Crippen molar-refractivity contribution < 1.29 is 9.53 Å². The first-order valence-electron chi connectivity index (χ1n) is 6.71. The van der Waals surface area contributed by atoms with Gasteiger partial charge in [0.1, 0.15) is 11.6 Å². The summed E-state index contributed by atoms with van der Waals surface area (Å²) in [5, 5.41) is 0. The molecule has 0 saturated heterocycles. The first-order valence-corrected chi connectivity index (χ1v) is 6.71. The molecule has 4 nitrogen and oxygen atoms in total. The molecule has 0 atom stereocenters. The third-order valence-corrected chi connectivity index (χ3v) is 3.24. The van der Waals surface area contributed by atoms with Gasteiger partial charge in [-0.3, -0.25) is 4.79 Å². The molecule has 0 radical (unpaired) electrons. The van der Waals surface area contributed by atoms with Crippen LogP contribution in [-0.2, 0) is 6.54 Å². The van der Waals surface area contributed by atoms with Crippen LogP contribution in [0.25, 0.3) is 0 Å². The fourth-order valence-electron chi connectivity index (χ4n) is 2.22. The topological polar surface area (TPSA) is 44.1 Å². The molecule has 0 amide bonds. The molecule has 0 unspecified atom stereocenters. The van der Waals surface area contributed by atoms with E-state index in [9.17, 15) is 4.79 Å². The number of carbonyl (C=O) groups excluding carboxylic acids is 1. The van der Waals surface area contributed by atoms with Crippen molar-refractivity contribution in [3.63, 3.8) is 0 Å². The van der Waals surface area contributed by atoms with E-state index in [2.05, 4.69) is 18.8 Å². The van der Waals surface area contributed by atoms with Crippen molar-refractivity contribution in [2.75, 3.05) is 7.11 Å². The molecule has 2 aromatic rings. The number of imidazole rings is 1.